The first-order valence-electron chi connectivity index (χ1n) is 8.58. The molecule has 0 amide bonds. The van der Waals surface area contributed by atoms with Crippen LogP contribution in [0.2, 0.25) is 0 Å². The third-order valence-electron chi connectivity index (χ3n) is 4.28. The van der Waals surface area contributed by atoms with E-state index in [2.05, 4.69) is 20.8 Å². The van der Waals surface area contributed by atoms with E-state index in [9.17, 15) is 13.2 Å². The van der Waals surface area contributed by atoms with Gasteiger partial charge >= 0.3 is 6.18 Å². The second kappa shape index (κ2) is 8.55. The minimum Gasteiger partial charge on any atom is -0.361 e. The number of aromatic nitrogens is 1. The molecule has 0 bridgehead atoms. The van der Waals surface area contributed by atoms with Crippen LogP contribution in [-0.4, -0.2) is 54.9 Å². The van der Waals surface area contributed by atoms with E-state index >= 15 is 0 Å². The van der Waals surface area contributed by atoms with Crippen LogP contribution in [0.4, 0.5) is 13.2 Å². The van der Waals surface area contributed by atoms with Crippen molar-refractivity contribution < 1.29 is 17.7 Å². The van der Waals surface area contributed by atoms with Crippen molar-refractivity contribution in [3.05, 3.63) is 17.0 Å². The van der Waals surface area contributed by atoms with Crippen molar-refractivity contribution in [2.45, 2.75) is 51.9 Å². The quantitative estimate of drug-likeness (QED) is 0.600. The molecule has 0 spiro atoms. The van der Waals surface area contributed by atoms with Crippen molar-refractivity contribution in [2.75, 3.05) is 26.7 Å². The molecule has 1 atom stereocenters. The Morgan fingerprint density at radius 1 is 1.36 bits per heavy atom. The van der Waals surface area contributed by atoms with Crippen LogP contribution in [-0.2, 0) is 19.4 Å². The molecule has 1 saturated heterocycles. The Kier molecular flexibility index (Phi) is 6.69. The molecule has 0 saturated carbocycles. The number of hydrogen-bond donors (Lipinski definition) is 2. The first-order valence-corrected chi connectivity index (χ1v) is 8.58. The van der Waals surface area contributed by atoms with Gasteiger partial charge in [0, 0.05) is 44.7 Å². The van der Waals surface area contributed by atoms with Gasteiger partial charge in [-0.2, -0.15) is 13.2 Å². The van der Waals surface area contributed by atoms with Crippen molar-refractivity contribution in [1.29, 1.82) is 0 Å². The molecule has 9 heteroatoms. The van der Waals surface area contributed by atoms with Gasteiger partial charge in [-0.1, -0.05) is 19.0 Å². The summed E-state index contributed by atoms with van der Waals surface area (Å²) < 4.78 is 42.7. The molecule has 2 N–H and O–H groups in total. The monoisotopic (exact) mass is 361 g/mol. The molecule has 6 nitrogen and oxygen atoms in total. The largest absolute Gasteiger partial charge is 0.401 e. The number of nitrogens with one attached hydrogen (secondary N) is 2. The molecular formula is C16H26F3N5O. The summed E-state index contributed by atoms with van der Waals surface area (Å²) in [6.45, 7) is 4.46. The first kappa shape index (κ1) is 19.6. The summed E-state index contributed by atoms with van der Waals surface area (Å²) in [6.07, 6.45) is -1.96. The summed E-state index contributed by atoms with van der Waals surface area (Å²) >= 11 is 0. The summed E-state index contributed by atoms with van der Waals surface area (Å²) in [4.78, 5) is 5.58. The van der Waals surface area contributed by atoms with Crippen molar-refractivity contribution in [2.24, 2.45) is 4.99 Å². The summed E-state index contributed by atoms with van der Waals surface area (Å²) in [7, 11) is 1.65. The van der Waals surface area contributed by atoms with Gasteiger partial charge < -0.3 is 15.2 Å². The molecule has 1 aromatic rings. The Morgan fingerprint density at radius 2 is 2.12 bits per heavy atom. The molecule has 0 aromatic carbocycles. The van der Waals surface area contributed by atoms with Crippen LogP contribution in [0.5, 0.6) is 0 Å². The fraction of sp³-hybridized carbons (Fsp3) is 0.750. The van der Waals surface area contributed by atoms with Crippen molar-refractivity contribution in [3.63, 3.8) is 0 Å². The highest BCUT2D eigenvalue weighted by Crippen LogP contribution is 2.20. The third-order valence-corrected chi connectivity index (χ3v) is 4.28. The van der Waals surface area contributed by atoms with Crippen LogP contribution in [0, 0.1) is 0 Å². The second-order valence-electron chi connectivity index (χ2n) is 6.14. The zero-order chi connectivity index (χ0) is 18.4. The zero-order valence-electron chi connectivity index (χ0n) is 14.9. The lowest BCUT2D eigenvalue weighted by Gasteiger charge is -2.19. The van der Waals surface area contributed by atoms with Crippen molar-refractivity contribution >= 4 is 5.96 Å². The lowest BCUT2D eigenvalue weighted by Crippen LogP contribution is -2.45. The zero-order valence-corrected chi connectivity index (χ0v) is 14.9. The Morgan fingerprint density at radius 3 is 2.72 bits per heavy atom. The van der Waals surface area contributed by atoms with E-state index in [0.717, 1.165) is 29.9 Å². The number of aryl methyl sites for hydroxylation is 2. The number of likely N-dealkylation sites (tertiary alicyclic amines) is 1. The van der Waals surface area contributed by atoms with Crippen LogP contribution in [0.15, 0.2) is 9.52 Å². The van der Waals surface area contributed by atoms with Crippen LogP contribution < -0.4 is 10.6 Å². The van der Waals surface area contributed by atoms with Gasteiger partial charge in [-0.15, -0.1) is 0 Å². The molecule has 1 unspecified atom stereocenters. The topological polar surface area (TPSA) is 65.7 Å². The Hall–Kier alpha value is -1.77. The second-order valence-corrected chi connectivity index (χ2v) is 6.14. The van der Waals surface area contributed by atoms with E-state index in [0.29, 0.717) is 32.0 Å². The highest BCUT2D eigenvalue weighted by Gasteiger charge is 2.34. The first-order chi connectivity index (χ1) is 11.9. The number of hydrogen-bond acceptors (Lipinski definition) is 4. The van der Waals surface area contributed by atoms with E-state index in [1.54, 1.807) is 7.05 Å². The van der Waals surface area contributed by atoms with Crippen LogP contribution in [0.3, 0.4) is 0 Å². The van der Waals surface area contributed by atoms with Gasteiger partial charge in [0.05, 0.1) is 12.2 Å². The molecule has 0 aliphatic carbocycles. The van der Waals surface area contributed by atoms with Gasteiger partial charge in [-0.05, 0) is 12.8 Å². The fourth-order valence-corrected chi connectivity index (χ4v) is 3.05. The SMILES string of the molecule is CCc1noc(CC)c1CNC(=NC)NC1CCN(CC(F)(F)F)C1. The molecule has 1 aliphatic heterocycles. The highest BCUT2D eigenvalue weighted by atomic mass is 19.4. The molecule has 2 rings (SSSR count). The molecule has 1 aromatic heterocycles. The average molecular weight is 361 g/mol. The summed E-state index contributed by atoms with van der Waals surface area (Å²) in [5.74, 6) is 1.42. The number of halogens is 3. The van der Waals surface area contributed by atoms with Gasteiger partial charge in [0.15, 0.2) is 5.96 Å². The summed E-state index contributed by atoms with van der Waals surface area (Å²) in [6, 6.07) is -0.0488. The normalized spacial score (nSPS) is 19.4. The maximum absolute atomic E-state index is 12.5. The molecule has 142 valence electrons. The molecule has 25 heavy (non-hydrogen) atoms. The fourth-order valence-electron chi connectivity index (χ4n) is 3.05. The van der Waals surface area contributed by atoms with Gasteiger partial charge in [-0.25, -0.2) is 0 Å². The number of rotatable bonds is 6. The number of alkyl halides is 3. The van der Waals surface area contributed by atoms with E-state index in [1.807, 2.05) is 13.8 Å². The van der Waals surface area contributed by atoms with Gasteiger partial charge in [0.2, 0.25) is 0 Å². The predicted molar refractivity (Wildman–Crippen MR) is 89.5 cm³/mol. The Balaban J connectivity index is 1.87. The standard InChI is InChI=1S/C16H26F3N5O/c1-4-13-12(14(5-2)25-23-13)8-21-15(20-3)22-11-6-7-24(9-11)10-16(17,18)19/h11H,4-10H2,1-3H3,(H2,20,21,22). The molecule has 2 heterocycles. The Bertz CT molecular complexity index is 563. The highest BCUT2D eigenvalue weighted by molar-refractivity contribution is 5.80. The van der Waals surface area contributed by atoms with Crippen LogP contribution in [0.25, 0.3) is 0 Å². The molecular weight excluding hydrogens is 335 g/mol. The molecule has 0 radical (unpaired) electrons. The summed E-state index contributed by atoms with van der Waals surface area (Å²) in [5.41, 5.74) is 1.94. The van der Waals surface area contributed by atoms with Gasteiger partial charge in [-0.3, -0.25) is 9.89 Å². The van der Waals surface area contributed by atoms with Crippen LogP contribution in [0.1, 0.15) is 37.3 Å². The minimum atomic E-state index is -4.16. The van der Waals surface area contributed by atoms with E-state index in [1.165, 1.54) is 4.90 Å². The maximum Gasteiger partial charge on any atom is 0.401 e. The Labute approximate surface area is 145 Å². The van der Waals surface area contributed by atoms with E-state index in [-0.39, 0.29) is 6.04 Å². The van der Waals surface area contributed by atoms with Crippen LogP contribution >= 0.6 is 0 Å². The lowest BCUT2D eigenvalue weighted by molar-refractivity contribution is -0.143. The van der Waals surface area contributed by atoms with Crippen molar-refractivity contribution in [1.82, 2.24) is 20.7 Å². The molecule has 1 aliphatic rings. The number of aliphatic imine (C=N–C) groups is 1. The smallest absolute Gasteiger partial charge is 0.361 e. The predicted octanol–water partition coefficient (Wildman–Crippen LogP) is 2.10. The number of guanidine groups is 1. The van der Waals surface area contributed by atoms with Gasteiger partial charge in [0.25, 0.3) is 0 Å². The average Bonchev–Trinajstić information content (AvgIpc) is 3.15. The number of nitrogens with zero attached hydrogens (tertiary/aromatic N) is 3. The lowest BCUT2D eigenvalue weighted by atomic mass is 10.1. The maximum atomic E-state index is 12.5. The van der Waals surface area contributed by atoms with Crippen molar-refractivity contribution in [3.8, 4) is 0 Å². The van der Waals surface area contributed by atoms with E-state index in [4.69, 9.17) is 4.52 Å². The van der Waals surface area contributed by atoms with Gasteiger partial charge in [0.1, 0.15) is 5.76 Å². The third kappa shape index (κ3) is 5.62. The minimum absolute atomic E-state index is 0.0488. The van der Waals surface area contributed by atoms with E-state index < -0.39 is 12.7 Å². The molecule has 1 fully saturated rings. The summed E-state index contributed by atoms with van der Waals surface area (Å²) in [5, 5.41) is 10.5.